The fraction of sp³-hybridized carbons (Fsp3) is 0.368. The molecule has 110 valence electrons. The van der Waals surface area contributed by atoms with Crippen LogP contribution >= 0.6 is 11.8 Å². The normalized spacial score (nSPS) is 14.8. The Morgan fingerprint density at radius 1 is 1.00 bits per heavy atom. The molecule has 1 nitrogen and oxygen atoms in total. The Hall–Kier alpha value is -1.25. The van der Waals surface area contributed by atoms with Crippen molar-refractivity contribution in [1.82, 2.24) is 0 Å². The van der Waals surface area contributed by atoms with Crippen LogP contribution < -0.4 is 0 Å². The predicted molar refractivity (Wildman–Crippen MR) is 91.9 cm³/mol. The summed E-state index contributed by atoms with van der Waals surface area (Å²) in [4.78, 5) is 0. The third-order valence-electron chi connectivity index (χ3n) is 4.27. The highest BCUT2D eigenvalue weighted by Gasteiger charge is 2.27. The first-order valence-corrected chi connectivity index (χ1v) is 8.83. The summed E-state index contributed by atoms with van der Waals surface area (Å²) < 4.78 is 0. The molecule has 2 aromatic rings. The smallest absolute Gasteiger partial charge is 0.0433 e. The predicted octanol–water partition coefficient (Wildman–Crippen LogP) is 4.55. The van der Waals surface area contributed by atoms with E-state index in [1.807, 2.05) is 11.8 Å². The highest BCUT2D eigenvalue weighted by Crippen LogP contribution is 2.45. The molecule has 0 aliphatic heterocycles. The van der Waals surface area contributed by atoms with E-state index in [0.29, 0.717) is 18.4 Å². The van der Waals surface area contributed by atoms with Crippen molar-refractivity contribution in [1.29, 1.82) is 0 Å². The molecule has 0 saturated carbocycles. The van der Waals surface area contributed by atoms with Crippen LogP contribution in [0.2, 0.25) is 0 Å². The number of aliphatic hydroxyl groups is 1. The highest BCUT2D eigenvalue weighted by atomic mass is 32.2. The van der Waals surface area contributed by atoms with Crippen LogP contribution in [0.25, 0.3) is 11.1 Å². The molecule has 1 aliphatic rings. The van der Waals surface area contributed by atoms with Crippen molar-refractivity contribution < 1.29 is 5.11 Å². The van der Waals surface area contributed by atoms with Gasteiger partial charge in [0.2, 0.25) is 0 Å². The van der Waals surface area contributed by atoms with Gasteiger partial charge >= 0.3 is 0 Å². The van der Waals surface area contributed by atoms with Crippen LogP contribution in [0.3, 0.4) is 0 Å². The van der Waals surface area contributed by atoms with Gasteiger partial charge in [-0.15, -0.1) is 0 Å². The molecule has 0 spiro atoms. The standard InChI is InChI=1S/C19H22OS/c1-14(10-11-20)12-21-13-19-17-8-4-2-6-15(17)16-7-3-5-9-18(16)19/h2-9,14,19-20H,10-13H2,1H3. The molecule has 0 aromatic heterocycles. The van der Waals surface area contributed by atoms with E-state index in [4.69, 9.17) is 5.11 Å². The molecule has 2 heteroatoms. The van der Waals surface area contributed by atoms with E-state index in [2.05, 4.69) is 55.5 Å². The van der Waals surface area contributed by atoms with Gasteiger partial charge in [-0.3, -0.25) is 0 Å². The van der Waals surface area contributed by atoms with Crippen LogP contribution in [0.1, 0.15) is 30.4 Å². The maximum atomic E-state index is 9.00. The first kappa shape index (κ1) is 14.7. The van der Waals surface area contributed by atoms with Gasteiger partial charge in [-0.25, -0.2) is 0 Å². The van der Waals surface area contributed by atoms with E-state index in [-0.39, 0.29) is 0 Å². The minimum absolute atomic E-state index is 0.302. The lowest BCUT2D eigenvalue weighted by Crippen LogP contribution is -2.05. The van der Waals surface area contributed by atoms with Crippen molar-refractivity contribution >= 4 is 11.8 Å². The van der Waals surface area contributed by atoms with Gasteiger partial charge in [-0.2, -0.15) is 11.8 Å². The molecule has 0 fully saturated rings. The minimum Gasteiger partial charge on any atom is -0.396 e. The summed E-state index contributed by atoms with van der Waals surface area (Å²) in [5.41, 5.74) is 5.76. The van der Waals surface area contributed by atoms with Crippen molar-refractivity contribution in [3.8, 4) is 11.1 Å². The van der Waals surface area contributed by atoms with Gasteiger partial charge in [0.1, 0.15) is 0 Å². The second-order valence-corrected chi connectivity index (χ2v) is 6.96. The lowest BCUT2D eigenvalue weighted by molar-refractivity contribution is 0.269. The summed E-state index contributed by atoms with van der Waals surface area (Å²) in [5, 5.41) is 9.00. The topological polar surface area (TPSA) is 20.2 Å². The Balaban J connectivity index is 1.76. The Kier molecular flexibility index (Phi) is 4.67. The summed E-state index contributed by atoms with van der Waals surface area (Å²) in [6.07, 6.45) is 0.908. The molecule has 0 radical (unpaired) electrons. The summed E-state index contributed by atoms with van der Waals surface area (Å²) in [5.74, 6) is 3.36. The second kappa shape index (κ2) is 6.67. The van der Waals surface area contributed by atoms with Crippen LogP contribution in [-0.2, 0) is 0 Å². The molecule has 21 heavy (non-hydrogen) atoms. The van der Waals surface area contributed by atoms with Gasteiger partial charge in [0.25, 0.3) is 0 Å². The van der Waals surface area contributed by atoms with Crippen molar-refractivity contribution in [2.24, 2.45) is 5.92 Å². The van der Waals surface area contributed by atoms with Crippen molar-refractivity contribution in [2.45, 2.75) is 19.3 Å². The molecule has 0 amide bonds. The lowest BCUT2D eigenvalue weighted by Gasteiger charge is -2.15. The Morgan fingerprint density at radius 3 is 2.14 bits per heavy atom. The van der Waals surface area contributed by atoms with Gasteiger partial charge in [0.15, 0.2) is 0 Å². The van der Waals surface area contributed by atoms with E-state index in [1.54, 1.807) is 0 Å². The van der Waals surface area contributed by atoms with Crippen LogP contribution in [-0.4, -0.2) is 23.2 Å². The Bertz CT molecular complexity index is 563. The number of benzene rings is 2. The fourth-order valence-corrected chi connectivity index (χ4v) is 4.43. The molecular formula is C19H22OS. The second-order valence-electron chi connectivity index (χ2n) is 5.88. The Morgan fingerprint density at radius 2 is 1.57 bits per heavy atom. The quantitative estimate of drug-likeness (QED) is 0.844. The van der Waals surface area contributed by atoms with E-state index < -0.39 is 0 Å². The van der Waals surface area contributed by atoms with Gasteiger partial charge < -0.3 is 5.11 Å². The van der Waals surface area contributed by atoms with Crippen molar-refractivity contribution in [2.75, 3.05) is 18.1 Å². The molecule has 0 heterocycles. The summed E-state index contributed by atoms with van der Waals surface area (Å²) >= 11 is 2.01. The van der Waals surface area contributed by atoms with Gasteiger partial charge in [-0.1, -0.05) is 55.5 Å². The van der Waals surface area contributed by atoms with Crippen molar-refractivity contribution in [3.05, 3.63) is 59.7 Å². The largest absolute Gasteiger partial charge is 0.396 e. The minimum atomic E-state index is 0.302. The zero-order valence-electron chi connectivity index (χ0n) is 12.5. The average molecular weight is 298 g/mol. The molecule has 1 N–H and O–H groups in total. The maximum Gasteiger partial charge on any atom is 0.0433 e. The summed E-state index contributed by atoms with van der Waals surface area (Å²) in [7, 11) is 0. The van der Waals surface area contributed by atoms with Gasteiger partial charge in [0.05, 0.1) is 0 Å². The third kappa shape index (κ3) is 3.02. The molecule has 0 saturated heterocycles. The number of fused-ring (bicyclic) bond motifs is 3. The number of aliphatic hydroxyl groups excluding tert-OH is 1. The lowest BCUT2D eigenvalue weighted by atomic mass is 9.99. The number of hydrogen-bond acceptors (Lipinski definition) is 2. The zero-order valence-corrected chi connectivity index (χ0v) is 13.3. The van der Waals surface area contributed by atoms with Crippen LogP contribution in [0.15, 0.2) is 48.5 Å². The summed E-state index contributed by atoms with van der Waals surface area (Å²) in [6, 6.07) is 17.6. The van der Waals surface area contributed by atoms with E-state index in [9.17, 15) is 0 Å². The molecule has 1 unspecified atom stereocenters. The number of rotatable bonds is 6. The summed E-state index contributed by atoms with van der Waals surface area (Å²) in [6.45, 7) is 2.52. The van der Waals surface area contributed by atoms with Crippen LogP contribution in [0, 0.1) is 5.92 Å². The monoisotopic (exact) mass is 298 g/mol. The van der Waals surface area contributed by atoms with Crippen molar-refractivity contribution in [3.63, 3.8) is 0 Å². The molecule has 3 rings (SSSR count). The highest BCUT2D eigenvalue weighted by molar-refractivity contribution is 7.99. The molecule has 1 aliphatic carbocycles. The van der Waals surface area contributed by atoms with E-state index in [0.717, 1.165) is 17.9 Å². The third-order valence-corrected chi connectivity index (χ3v) is 5.65. The van der Waals surface area contributed by atoms with Gasteiger partial charge in [-0.05, 0) is 40.3 Å². The van der Waals surface area contributed by atoms with Crippen LogP contribution in [0.5, 0.6) is 0 Å². The molecular weight excluding hydrogens is 276 g/mol. The molecule has 1 atom stereocenters. The van der Waals surface area contributed by atoms with E-state index >= 15 is 0 Å². The SMILES string of the molecule is CC(CCO)CSCC1c2ccccc2-c2ccccc21. The average Bonchev–Trinajstić information content (AvgIpc) is 2.83. The first-order valence-electron chi connectivity index (χ1n) is 7.68. The molecule has 0 bridgehead atoms. The first-order chi connectivity index (χ1) is 10.3. The Labute approximate surface area is 131 Å². The maximum absolute atomic E-state index is 9.00. The van der Waals surface area contributed by atoms with Crippen LogP contribution in [0.4, 0.5) is 0 Å². The fourth-order valence-electron chi connectivity index (χ4n) is 3.13. The number of hydrogen-bond donors (Lipinski definition) is 1. The zero-order chi connectivity index (χ0) is 14.7. The van der Waals surface area contributed by atoms with Gasteiger partial charge in [0, 0.05) is 18.3 Å². The molecule has 2 aromatic carbocycles. The number of thioether (sulfide) groups is 1. The van der Waals surface area contributed by atoms with E-state index in [1.165, 1.54) is 22.3 Å².